The van der Waals surface area contributed by atoms with Gasteiger partial charge in [-0.2, -0.15) is 0 Å². The number of rotatable bonds is 5. The molecule has 1 spiro atoms. The number of amides is 1. The lowest BCUT2D eigenvalue weighted by molar-refractivity contribution is 0.0955. The van der Waals surface area contributed by atoms with Crippen molar-refractivity contribution in [2.45, 2.75) is 39.0 Å². The number of carbonyl (C=O) groups is 1. The molecule has 2 N–H and O–H groups in total. The molecule has 144 valence electrons. The van der Waals surface area contributed by atoms with E-state index >= 15 is 0 Å². The highest BCUT2D eigenvalue weighted by molar-refractivity contribution is 14.0. The number of aliphatic imine (C=N–C) groups is 1. The minimum Gasteiger partial charge on any atom is -0.357 e. The molecule has 0 bridgehead atoms. The number of guanidine groups is 1. The lowest BCUT2D eigenvalue weighted by Crippen LogP contribution is -2.41. The molecule has 1 saturated heterocycles. The molecule has 5 nitrogen and oxygen atoms in total. The van der Waals surface area contributed by atoms with Crippen LogP contribution >= 0.6 is 24.0 Å². The Bertz CT molecular complexity index is 599. The van der Waals surface area contributed by atoms with E-state index in [-0.39, 0.29) is 29.9 Å². The van der Waals surface area contributed by atoms with Gasteiger partial charge in [-0.05, 0) is 43.7 Å². The molecular formula is C20H31IN4O. The monoisotopic (exact) mass is 470 g/mol. The lowest BCUT2D eigenvalue weighted by Gasteiger charge is -2.26. The lowest BCUT2D eigenvalue weighted by atomic mass is 9.86. The molecule has 1 heterocycles. The molecule has 1 aliphatic heterocycles. The molecule has 1 aliphatic carbocycles. The topological polar surface area (TPSA) is 56.7 Å². The van der Waals surface area contributed by atoms with Crippen LogP contribution in [0.1, 0.15) is 49.4 Å². The third kappa shape index (κ3) is 5.34. The predicted molar refractivity (Wildman–Crippen MR) is 117 cm³/mol. The molecule has 1 aromatic carbocycles. The molecule has 0 unspecified atom stereocenters. The Morgan fingerprint density at radius 1 is 1.15 bits per heavy atom. The van der Waals surface area contributed by atoms with E-state index < -0.39 is 0 Å². The average molecular weight is 470 g/mol. The number of nitrogens with one attached hydrogen (secondary N) is 2. The molecule has 1 saturated carbocycles. The quantitative estimate of drug-likeness (QED) is 0.301. The third-order valence-electron chi connectivity index (χ3n) is 5.43. The molecule has 3 rings (SSSR count). The number of carbonyl (C=O) groups excluding carboxylic acids is 1. The van der Waals surface area contributed by atoms with E-state index in [9.17, 15) is 4.79 Å². The Morgan fingerprint density at radius 3 is 2.58 bits per heavy atom. The average Bonchev–Trinajstić information content (AvgIpc) is 3.28. The maximum Gasteiger partial charge on any atom is 0.251 e. The predicted octanol–water partition coefficient (Wildman–Crippen LogP) is 3.27. The Labute approximate surface area is 174 Å². The molecule has 26 heavy (non-hydrogen) atoms. The maximum atomic E-state index is 12.1. The van der Waals surface area contributed by atoms with Crippen molar-refractivity contribution < 1.29 is 4.79 Å². The van der Waals surface area contributed by atoms with E-state index in [1.54, 1.807) is 0 Å². The second-order valence-electron chi connectivity index (χ2n) is 7.24. The van der Waals surface area contributed by atoms with E-state index in [1.807, 2.05) is 30.3 Å². The van der Waals surface area contributed by atoms with Crippen LogP contribution in [0.4, 0.5) is 0 Å². The van der Waals surface area contributed by atoms with Crippen LogP contribution in [0, 0.1) is 5.41 Å². The maximum absolute atomic E-state index is 12.1. The number of benzene rings is 1. The summed E-state index contributed by atoms with van der Waals surface area (Å²) in [5, 5.41) is 6.36. The summed E-state index contributed by atoms with van der Waals surface area (Å²) >= 11 is 0. The van der Waals surface area contributed by atoms with Gasteiger partial charge in [0.25, 0.3) is 5.91 Å². The SMILES string of the molecule is CCNC(=NCCNC(=O)c1ccccc1)N1CCC2(CCCC2)C1.I. The molecular weight excluding hydrogens is 439 g/mol. The van der Waals surface area contributed by atoms with Crippen LogP contribution in [0.3, 0.4) is 0 Å². The van der Waals surface area contributed by atoms with Crippen LogP contribution in [0.5, 0.6) is 0 Å². The van der Waals surface area contributed by atoms with Gasteiger partial charge in [-0.25, -0.2) is 0 Å². The highest BCUT2D eigenvalue weighted by Gasteiger charge is 2.41. The largest absolute Gasteiger partial charge is 0.357 e. The summed E-state index contributed by atoms with van der Waals surface area (Å²) in [6.45, 7) is 6.37. The minimum absolute atomic E-state index is 0. The summed E-state index contributed by atoms with van der Waals surface area (Å²) in [5.74, 6) is 0.965. The van der Waals surface area contributed by atoms with Crippen LogP contribution in [-0.2, 0) is 0 Å². The van der Waals surface area contributed by atoms with Crippen molar-refractivity contribution in [3.05, 3.63) is 35.9 Å². The van der Waals surface area contributed by atoms with Crippen molar-refractivity contribution in [3.8, 4) is 0 Å². The Hall–Kier alpha value is -1.31. The highest BCUT2D eigenvalue weighted by Crippen LogP contribution is 2.45. The van der Waals surface area contributed by atoms with Gasteiger partial charge in [-0.1, -0.05) is 31.0 Å². The summed E-state index contributed by atoms with van der Waals surface area (Å²) < 4.78 is 0. The Balaban J connectivity index is 0.00000243. The summed E-state index contributed by atoms with van der Waals surface area (Å²) in [5.41, 5.74) is 1.23. The number of nitrogens with zero attached hydrogens (tertiary/aromatic N) is 2. The minimum atomic E-state index is -0.0353. The normalized spacial score (nSPS) is 18.7. The van der Waals surface area contributed by atoms with Gasteiger partial charge in [0.15, 0.2) is 5.96 Å². The Kier molecular flexibility index (Phi) is 8.18. The van der Waals surface area contributed by atoms with Gasteiger partial charge >= 0.3 is 0 Å². The van der Waals surface area contributed by atoms with Gasteiger partial charge in [0.2, 0.25) is 0 Å². The van der Waals surface area contributed by atoms with Crippen molar-refractivity contribution in [2.75, 3.05) is 32.7 Å². The van der Waals surface area contributed by atoms with Gasteiger partial charge in [0, 0.05) is 31.7 Å². The number of hydrogen-bond donors (Lipinski definition) is 2. The smallest absolute Gasteiger partial charge is 0.251 e. The molecule has 0 aromatic heterocycles. The van der Waals surface area contributed by atoms with E-state index in [2.05, 4.69) is 22.5 Å². The first-order valence-electron chi connectivity index (χ1n) is 9.59. The van der Waals surface area contributed by atoms with Gasteiger partial charge < -0.3 is 15.5 Å². The second-order valence-corrected chi connectivity index (χ2v) is 7.24. The summed E-state index contributed by atoms with van der Waals surface area (Å²) in [6, 6.07) is 9.32. The molecule has 1 aromatic rings. The number of hydrogen-bond acceptors (Lipinski definition) is 2. The first kappa shape index (κ1) is 21.0. The van der Waals surface area contributed by atoms with Crippen molar-refractivity contribution in [3.63, 3.8) is 0 Å². The molecule has 2 aliphatic rings. The van der Waals surface area contributed by atoms with Gasteiger partial charge in [0.05, 0.1) is 6.54 Å². The first-order chi connectivity index (χ1) is 12.2. The molecule has 6 heteroatoms. The summed E-state index contributed by atoms with van der Waals surface area (Å²) in [7, 11) is 0. The van der Waals surface area contributed by atoms with Crippen molar-refractivity contribution in [1.82, 2.24) is 15.5 Å². The van der Waals surface area contributed by atoms with E-state index in [4.69, 9.17) is 4.99 Å². The summed E-state index contributed by atoms with van der Waals surface area (Å²) in [4.78, 5) is 19.2. The van der Waals surface area contributed by atoms with Crippen LogP contribution < -0.4 is 10.6 Å². The fraction of sp³-hybridized carbons (Fsp3) is 0.600. The van der Waals surface area contributed by atoms with Crippen LogP contribution in [0.25, 0.3) is 0 Å². The number of halogens is 1. The van der Waals surface area contributed by atoms with Crippen molar-refractivity contribution >= 4 is 35.8 Å². The van der Waals surface area contributed by atoms with Crippen molar-refractivity contribution in [1.29, 1.82) is 0 Å². The van der Waals surface area contributed by atoms with Crippen LogP contribution in [0.2, 0.25) is 0 Å². The van der Waals surface area contributed by atoms with Gasteiger partial charge in [-0.15, -0.1) is 24.0 Å². The summed E-state index contributed by atoms with van der Waals surface area (Å²) in [6.07, 6.45) is 6.80. The molecule has 0 atom stereocenters. The molecule has 0 radical (unpaired) electrons. The van der Waals surface area contributed by atoms with E-state index in [0.717, 1.165) is 25.6 Å². The van der Waals surface area contributed by atoms with Crippen LogP contribution in [-0.4, -0.2) is 49.5 Å². The van der Waals surface area contributed by atoms with Crippen LogP contribution in [0.15, 0.2) is 35.3 Å². The van der Waals surface area contributed by atoms with Crippen molar-refractivity contribution in [2.24, 2.45) is 10.4 Å². The Morgan fingerprint density at radius 2 is 1.88 bits per heavy atom. The fourth-order valence-corrected chi connectivity index (χ4v) is 4.10. The standard InChI is InChI=1S/C20H30N4O.HI/c1-2-21-19(24-15-12-20(16-24)10-6-7-11-20)23-14-13-22-18(25)17-8-4-3-5-9-17;/h3-5,8-9H,2,6-7,10-16H2,1H3,(H,21,23)(H,22,25);1H. The van der Waals surface area contributed by atoms with Gasteiger partial charge in [0.1, 0.15) is 0 Å². The zero-order chi connectivity index (χ0) is 17.5. The number of likely N-dealkylation sites (tertiary alicyclic amines) is 1. The first-order valence-corrected chi connectivity index (χ1v) is 9.59. The van der Waals surface area contributed by atoms with E-state index in [1.165, 1.54) is 32.1 Å². The molecule has 2 fully saturated rings. The highest BCUT2D eigenvalue weighted by atomic mass is 127. The molecule has 1 amide bonds. The zero-order valence-corrected chi connectivity index (χ0v) is 18.0. The third-order valence-corrected chi connectivity index (χ3v) is 5.43. The van der Waals surface area contributed by atoms with E-state index in [0.29, 0.717) is 24.1 Å². The second kappa shape index (κ2) is 10.1. The fourth-order valence-electron chi connectivity index (χ4n) is 4.10. The van der Waals surface area contributed by atoms with Gasteiger partial charge in [-0.3, -0.25) is 9.79 Å². The zero-order valence-electron chi connectivity index (χ0n) is 15.7.